The van der Waals surface area contributed by atoms with Gasteiger partial charge in [-0.25, -0.2) is 10.2 Å². The third-order valence-corrected chi connectivity index (χ3v) is 5.73. The number of hydrogen-bond donors (Lipinski definition) is 3. The minimum atomic E-state index is -0.608. The minimum absolute atomic E-state index is 0.234. The molecule has 0 aliphatic carbocycles. The van der Waals surface area contributed by atoms with Crippen molar-refractivity contribution in [3.63, 3.8) is 0 Å². The zero-order chi connectivity index (χ0) is 26.1. The summed E-state index contributed by atoms with van der Waals surface area (Å²) in [5.41, 5.74) is 4.76. The summed E-state index contributed by atoms with van der Waals surface area (Å²) >= 11 is 8.71. The number of ether oxygens (including phenoxy) is 3. The Morgan fingerprint density at radius 3 is 2.67 bits per heavy atom. The molecule has 0 bridgehead atoms. The number of nitrogens with zero attached hydrogens (tertiary/aromatic N) is 1. The number of hydrogen-bond acceptors (Lipinski definition) is 7. The van der Waals surface area contributed by atoms with E-state index >= 15 is 0 Å². The summed E-state index contributed by atoms with van der Waals surface area (Å²) in [6, 6.07) is 12.0. The minimum Gasteiger partial charge on any atom is -0.493 e. The van der Waals surface area contributed by atoms with Crippen LogP contribution in [0.25, 0.3) is 0 Å². The zero-order valence-corrected chi connectivity index (χ0v) is 22.5. The van der Waals surface area contributed by atoms with Crippen LogP contribution in [0.2, 0.25) is 0 Å². The molecule has 2 aromatic rings. The summed E-state index contributed by atoms with van der Waals surface area (Å²) in [6.07, 6.45) is 1.50. The number of hydrazone groups is 1. The van der Waals surface area contributed by atoms with E-state index in [1.54, 1.807) is 32.0 Å². The van der Waals surface area contributed by atoms with Gasteiger partial charge in [0.15, 0.2) is 11.7 Å². The van der Waals surface area contributed by atoms with Gasteiger partial charge in [0.25, 0.3) is 5.91 Å². The Bertz CT molecular complexity index is 1200. The third kappa shape index (κ3) is 7.05. The molecule has 0 fully saturated rings. The lowest BCUT2D eigenvalue weighted by atomic mass is 9.95. The molecule has 0 saturated heterocycles. The van der Waals surface area contributed by atoms with E-state index in [2.05, 4.69) is 37.1 Å². The average Bonchev–Trinajstić information content (AvgIpc) is 2.84. The van der Waals surface area contributed by atoms with Crippen molar-refractivity contribution in [3.8, 4) is 11.5 Å². The number of nitrogens with one attached hydrogen (secondary N) is 3. The SMILES string of the molecule is CCOC(=O)C1=C(C)NC(=S)N[C@H]1c1ccccc1OCC(=O)NN=Cc1cc(Br)ccc1OCC. The molecule has 1 heterocycles. The molecule has 1 aliphatic heterocycles. The van der Waals surface area contributed by atoms with Crippen molar-refractivity contribution in [2.45, 2.75) is 26.8 Å². The summed E-state index contributed by atoms with van der Waals surface area (Å²) in [4.78, 5) is 25.1. The second-order valence-corrected chi connectivity index (χ2v) is 8.85. The lowest BCUT2D eigenvalue weighted by molar-refractivity contribution is -0.139. The van der Waals surface area contributed by atoms with Crippen molar-refractivity contribution in [2.75, 3.05) is 19.8 Å². The van der Waals surface area contributed by atoms with E-state index < -0.39 is 17.9 Å². The van der Waals surface area contributed by atoms with Crippen molar-refractivity contribution >= 4 is 51.4 Å². The number of benzene rings is 2. The second-order valence-electron chi connectivity index (χ2n) is 7.53. The molecule has 2 aromatic carbocycles. The molecule has 3 N–H and O–H groups in total. The molecule has 0 unspecified atom stereocenters. The largest absolute Gasteiger partial charge is 0.493 e. The molecule has 36 heavy (non-hydrogen) atoms. The normalized spacial score (nSPS) is 15.2. The highest BCUT2D eigenvalue weighted by Crippen LogP contribution is 2.33. The molecule has 9 nitrogen and oxygen atoms in total. The maximum atomic E-state index is 12.7. The van der Waals surface area contributed by atoms with Crippen molar-refractivity contribution < 1.29 is 23.8 Å². The van der Waals surface area contributed by atoms with Crippen LogP contribution in [0.3, 0.4) is 0 Å². The molecule has 0 spiro atoms. The van der Waals surface area contributed by atoms with Crippen molar-refractivity contribution in [1.82, 2.24) is 16.1 Å². The second kappa shape index (κ2) is 13.0. The average molecular weight is 575 g/mol. The fourth-order valence-electron chi connectivity index (χ4n) is 3.51. The maximum absolute atomic E-state index is 12.7. The first-order valence-electron chi connectivity index (χ1n) is 11.2. The number of thiocarbonyl (C=S) groups is 1. The van der Waals surface area contributed by atoms with E-state index in [4.69, 9.17) is 26.4 Å². The van der Waals surface area contributed by atoms with Crippen molar-refractivity contribution in [3.05, 3.63) is 69.3 Å². The highest BCUT2D eigenvalue weighted by Gasteiger charge is 2.32. The van der Waals surface area contributed by atoms with Crippen LogP contribution in [0.5, 0.6) is 11.5 Å². The van der Waals surface area contributed by atoms with Gasteiger partial charge in [0.05, 0.1) is 31.0 Å². The van der Waals surface area contributed by atoms with E-state index in [1.165, 1.54) is 6.21 Å². The number of halogens is 1. The van der Waals surface area contributed by atoms with Gasteiger partial charge in [-0.2, -0.15) is 5.10 Å². The molecule has 1 amide bonds. The Hall–Kier alpha value is -3.44. The fraction of sp³-hybridized carbons (Fsp3) is 0.280. The van der Waals surface area contributed by atoms with Crippen LogP contribution < -0.4 is 25.5 Å². The number of allylic oxidation sites excluding steroid dienone is 1. The monoisotopic (exact) mass is 574 g/mol. The van der Waals surface area contributed by atoms with Crippen LogP contribution in [-0.4, -0.2) is 43.0 Å². The van der Waals surface area contributed by atoms with Gasteiger partial charge in [0.2, 0.25) is 0 Å². The van der Waals surface area contributed by atoms with Crippen LogP contribution >= 0.6 is 28.1 Å². The highest BCUT2D eigenvalue weighted by atomic mass is 79.9. The van der Waals surface area contributed by atoms with E-state index in [0.29, 0.717) is 45.6 Å². The molecule has 11 heteroatoms. The standard InChI is InChI=1S/C25H27BrN4O5S/c1-4-33-19-11-10-17(26)12-16(19)13-27-30-21(31)14-35-20-9-7-6-8-18(20)23-22(24(32)34-5-2)15(3)28-25(36)29-23/h6-13,23H,4-5,14H2,1-3H3,(H,30,31)(H2,28,29,36)/t23-/m0/s1. The number of esters is 1. The number of rotatable bonds is 10. The first kappa shape index (κ1) is 27.2. The van der Waals surface area contributed by atoms with Gasteiger partial charge in [0, 0.05) is 21.3 Å². The molecular formula is C25H27BrN4O5S. The lowest BCUT2D eigenvalue weighted by Gasteiger charge is -2.30. The van der Waals surface area contributed by atoms with Gasteiger partial charge in [0.1, 0.15) is 11.5 Å². The molecule has 190 valence electrons. The highest BCUT2D eigenvalue weighted by molar-refractivity contribution is 9.10. The van der Waals surface area contributed by atoms with E-state index in [-0.39, 0.29) is 13.2 Å². The van der Waals surface area contributed by atoms with Gasteiger partial charge in [-0.15, -0.1) is 0 Å². The maximum Gasteiger partial charge on any atom is 0.338 e. The van der Waals surface area contributed by atoms with Crippen LogP contribution in [-0.2, 0) is 14.3 Å². The Morgan fingerprint density at radius 2 is 1.92 bits per heavy atom. The Kier molecular flexibility index (Phi) is 9.83. The van der Waals surface area contributed by atoms with Gasteiger partial charge >= 0.3 is 5.97 Å². The van der Waals surface area contributed by atoms with E-state index in [0.717, 1.165) is 4.47 Å². The van der Waals surface area contributed by atoms with Crippen LogP contribution in [0.1, 0.15) is 37.9 Å². The van der Waals surface area contributed by atoms with Gasteiger partial charge in [-0.05, 0) is 57.3 Å². The van der Waals surface area contributed by atoms with E-state index in [1.807, 2.05) is 31.2 Å². The Balaban J connectivity index is 1.71. The molecule has 3 rings (SSSR count). The first-order valence-corrected chi connectivity index (χ1v) is 12.5. The van der Waals surface area contributed by atoms with Crippen molar-refractivity contribution in [2.24, 2.45) is 5.10 Å². The van der Waals surface area contributed by atoms with Crippen LogP contribution in [0.15, 0.2) is 63.3 Å². The van der Waals surface area contributed by atoms with E-state index in [9.17, 15) is 9.59 Å². The van der Waals surface area contributed by atoms with Crippen molar-refractivity contribution in [1.29, 1.82) is 0 Å². The fourth-order valence-corrected chi connectivity index (χ4v) is 4.16. The number of amides is 1. The third-order valence-electron chi connectivity index (χ3n) is 5.02. The Morgan fingerprint density at radius 1 is 1.14 bits per heavy atom. The molecule has 0 saturated carbocycles. The van der Waals surface area contributed by atoms with Crippen LogP contribution in [0.4, 0.5) is 0 Å². The predicted molar refractivity (Wildman–Crippen MR) is 144 cm³/mol. The smallest absolute Gasteiger partial charge is 0.338 e. The summed E-state index contributed by atoms with van der Waals surface area (Å²) in [6.45, 7) is 5.83. The topological polar surface area (TPSA) is 110 Å². The van der Waals surface area contributed by atoms with Gasteiger partial charge < -0.3 is 24.8 Å². The lowest BCUT2D eigenvalue weighted by Crippen LogP contribution is -2.45. The molecule has 1 aliphatic rings. The number of para-hydroxylation sites is 1. The summed E-state index contributed by atoms with van der Waals surface area (Å²) in [7, 11) is 0. The molecule has 0 aromatic heterocycles. The summed E-state index contributed by atoms with van der Waals surface area (Å²) in [5.74, 6) is 0.138. The number of carbonyl (C=O) groups is 2. The van der Waals surface area contributed by atoms with Crippen LogP contribution in [0, 0.1) is 0 Å². The van der Waals surface area contributed by atoms with Gasteiger partial charge in [-0.1, -0.05) is 34.1 Å². The summed E-state index contributed by atoms with van der Waals surface area (Å²) in [5, 5.41) is 10.4. The first-order chi connectivity index (χ1) is 17.3. The molecule has 1 atom stereocenters. The quantitative estimate of drug-likeness (QED) is 0.170. The molecular weight excluding hydrogens is 548 g/mol. The van der Waals surface area contributed by atoms with Gasteiger partial charge in [-0.3, -0.25) is 4.79 Å². The predicted octanol–water partition coefficient (Wildman–Crippen LogP) is 3.73. The summed E-state index contributed by atoms with van der Waals surface area (Å²) < 4.78 is 17.5. The number of carbonyl (C=O) groups excluding carboxylic acids is 2. The molecule has 0 radical (unpaired) electrons. The zero-order valence-electron chi connectivity index (χ0n) is 20.1. The Labute approximate surface area is 223 Å².